The molecule has 2 heterocycles. The first-order valence-corrected chi connectivity index (χ1v) is 12.3. The molecule has 2 amide bonds. The number of carbonyl (C=O) groups excluding carboxylic acids is 2. The number of amides is 2. The van der Waals surface area contributed by atoms with Crippen molar-refractivity contribution in [2.45, 2.75) is 25.1 Å². The van der Waals surface area contributed by atoms with E-state index in [1.807, 2.05) is 43.3 Å². The van der Waals surface area contributed by atoms with E-state index < -0.39 is 35.5 Å². The van der Waals surface area contributed by atoms with E-state index in [1.54, 1.807) is 0 Å². The summed E-state index contributed by atoms with van der Waals surface area (Å²) >= 11 is 0. The summed E-state index contributed by atoms with van der Waals surface area (Å²) in [5.41, 5.74) is 1.18. The number of alkyl halides is 3. The van der Waals surface area contributed by atoms with Crippen LogP contribution in [-0.2, 0) is 12.6 Å². The molecule has 1 aliphatic heterocycles. The van der Waals surface area contributed by atoms with Crippen molar-refractivity contribution in [1.82, 2.24) is 15.2 Å². The van der Waals surface area contributed by atoms with Crippen molar-refractivity contribution < 1.29 is 31.9 Å². The topological polar surface area (TPSA) is 74.8 Å². The summed E-state index contributed by atoms with van der Waals surface area (Å²) in [7, 11) is 3.89. The molecule has 1 atom stereocenters. The highest BCUT2D eigenvalue weighted by molar-refractivity contribution is 6.07. The summed E-state index contributed by atoms with van der Waals surface area (Å²) in [6, 6.07) is 13.3. The lowest BCUT2D eigenvalue weighted by atomic mass is 10.0. The van der Waals surface area contributed by atoms with Gasteiger partial charge in [0.1, 0.15) is 11.9 Å². The van der Waals surface area contributed by atoms with Gasteiger partial charge in [-0.25, -0.2) is 9.37 Å². The largest absolute Gasteiger partial charge is 0.472 e. The maximum atomic E-state index is 14.1. The quantitative estimate of drug-likeness (QED) is 0.421. The fourth-order valence-electron chi connectivity index (χ4n) is 4.24. The Morgan fingerprint density at radius 3 is 2.46 bits per heavy atom. The van der Waals surface area contributed by atoms with Crippen molar-refractivity contribution in [3.05, 3.63) is 88.9 Å². The van der Waals surface area contributed by atoms with E-state index in [-0.39, 0.29) is 30.1 Å². The highest BCUT2D eigenvalue weighted by atomic mass is 19.4. The average Bonchev–Trinajstić information content (AvgIpc) is 3.36. The second-order valence-electron chi connectivity index (χ2n) is 9.42. The first kappa shape index (κ1) is 27.9. The summed E-state index contributed by atoms with van der Waals surface area (Å²) in [6.07, 6.45) is -3.36. The molecular formula is C28H28F4N4O3. The molecule has 0 saturated carbocycles. The van der Waals surface area contributed by atoms with Gasteiger partial charge < -0.3 is 19.9 Å². The smallest absolute Gasteiger partial charge is 0.417 e. The molecule has 0 aliphatic carbocycles. The lowest BCUT2D eigenvalue weighted by Crippen LogP contribution is -2.34. The molecule has 206 valence electrons. The monoisotopic (exact) mass is 544 g/mol. The molecule has 1 N–H and O–H groups in total. The van der Waals surface area contributed by atoms with Crippen molar-refractivity contribution in [3.63, 3.8) is 0 Å². The molecule has 1 aliphatic rings. The number of nitrogens with one attached hydrogen (secondary N) is 1. The second-order valence-corrected chi connectivity index (χ2v) is 9.42. The molecular weight excluding hydrogens is 516 g/mol. The van der Waals surface area contributed by atoms with E-state index in [2.05, 4.69) is 10.3 Å². The van der Waals surface area contributed by atoms with Gasteiger partial charge in [-0.05, 0) is 48.4 Å². The second kappa shape index (κ2) is 11.7. The van der Waals surface area contributed by atoms with Crippen LogP contribution in [-0.4, -0.2) is 61.5 Å². The van der Waals surface area contributed by atoms with Crippen LogP contribution < -0.4 is 15.0 Å². The number of ether oxygens (including phenoxy) is 1. The van der Waals surface area contributed by atoms with Gasteiger partial charge in [-0.15, -0.1) is 0 Å². The zero-order valence-electron chi connectivity index (χ0n) is 21.5. The Balaban J connectivity index is 1.36. The predicted molar refractivity (Wildman–Crippen MR) is 137 cm³/mol. The minimum absolute atomic E-state index is 0.00414. The first-order valence-electron chi connectivity index (χ1n) is 12.3. The number of hydrogen-bond acceptors (Lipinski definition) is 5. The van der Waals surface area contributed by atoms with E-state index in [0.29, 0.717) is 25.6 Å². The number of carbonyl (C=O) groups is 2. The van der Waals surface area contributed by atoms with Gasteiger partial charge in [-0.1, -0.05) is 12.1 Å². The highest BCUT2D eigenvalue weighted by Crippen LogP contribution is 2.29. The van der Waals surface area contributed by atoms with Gasteiger partial charge in [0, 0.05) is 51.6 Å². The van der Waals surface area contributed by atoms with E-state index >= 15 is 0 Å². The van der Waals surface area contributed by atoms with Crippen LogP contribution in [0.3, 0.4) is 0 Å². The third-order valence-electron chi connectivity index (χ3n) is 6.39. The molecule has 0 spiro atoms. The van der Waals surface area contributed by atoms with Gasteiger partial charge >= 0.3 is 6.18 Å². The third kappa shape index (κ3) is 7.04. The minimum Gasteiger partial charge on any atom is -0.472 e. The van der Waals surface area contributed by atoms with Gasteiger partial charge in [0.25, 0.3) is 11.8 Å². The third-order valence-corrected chi connectivity index (χ3v) is 6.39. The number of benzene rings is 2. The van der Waals surface area contributed by atoms with Gasteiger partial charge in [0.15, 0.2) is 0 Å². The van der Waals surface area contributed by atoms with Gasteiger partial charge in [0.05, 0.1) is 23.2 Å². The van der Waals surface area contributed by atoms with Crippen LogP contribution in [0.4, 0.5) is 23.2 Å². The molecule has 11 heteroatoms. The first-order chi connectivity index (χ1) is 18.5. The maximum absolute atomic E-state index is 14.1. The molecule has 0 radical (unpaired) electrons. The Labute approximate surface area is 223 Å². The normalized spacial score (nSPS) is 15.2. The van der Waals surface area contributed by atoms with Crippen molar-refractivity contribution in [1.29, 1.82) is 0 Å². The molecule has 3 aromatic rings. The van der Waals surface area contributed by atoms with Crippen LogP contribution in [0.15, 0.2) is 60.8 Å². The van der Waals surface area contributed by atoms with Crippen LogP contribution in [0.1, 0.15) is 38.3 Å². The molecule has 2 aromatic carbocycles. The SMILES string of the molecule is CN(C)c1ccc(CCNC(=O)c2ccc(F)cc2C(=O)N2CCC(Oc3ccc(C(F)(F)F)cn3)C2)cc1. The number of hydrogen-bond donors (Lipinski definition) is 1. The van der Waals surface area contributed by atoms with E-state index in [1.165, 1.54) is 11.0 Å². The molecule has 0 bridgehead atoms. The zero-order valence-corrected chi connectivity index (χ0v) is 21.5. The number of rotatable bonds is 8. The summed E-state index contributed by atoms with van der Waals surface area (Å²) in [6.45, 7) is 0.706. The molecule has 1 unspecified atom stereocenters. The zero-order chi connectivity index (χ0) is 28.2. The number of likely N-dealkylation sites (tertiary alicyclic amines) is 1. The lowest BCUT2D eigenvalue weighted by molar-refractivity contribution is -0.137. The van der Waals surface area contributed by atoms with Crippen LogP contribution >= 0.6 is 0 Å². The maximum Gasteiger partial charge on any atom is 0.417 e. The number of pyridine rings is 1. The summed E-state index contributed by atoms with van der Waals surface area (Å²) in [5.74, 6) is -1.68. The Morgan fingerprint density at radius 2 is 1.82 bits per heavy atom. The van der Waals surface area contributed by atoms with Crippen LogP contribution in [0, 0.1) is 5.82 Å². The molecule has 1 aromatic heterocycles. The molecule has 4 rings (SSSR count). The Hall–Kier alpha value is -4.15. The highest BCUT2D eigenvalue weighted by Gasteiger charge is 2.32. The predicted octanol–water partition coefficient (Wildman–Crippen LogP) is 4.57. The van der Waals surface area contributed by atoms with E-state index in [4.69, 9.17) is 4.74 Å². The number of aromatic nitrogens is 1. The number of halogens is 4. The van der Waals surface area contributed by atoms with Crippen LogP contribution in [0.25, 0.3) is 0 Å². The molecule has 1 saturated heterocycles. The van der Waals surface area contributed by atoms with Crippen molar-refractivity contribution >= 4 is 17.5 Å². The van der Waals surface area contributed by atoms with Crippen LogP contribution in [0.2, 0.25) is 0 Å². The van der Waals surface area contributed by atoms with Crippen molar-refractivity contribution in [2.24, 2.45) is 0 Å². The summed E-state index contributed by atoms with van der Waals surface area (Å²) in [4.78, 5) is 33.3. The Bertz CT molecular complexity index is 1310. The van der Waals surface area contributed by atoms with Gasteiger partial charge in [-0.3, -0.25) is 9.59 Å². The number of anilines is 1. The fraction of sp³-hybridized carbons (Fsp3) is 0.321. The summed E-state index contributed by atoms with van der Waals surface area (Å²) in [5, 5.41) is 2.79. The fourth-order valence-corrected chi connectivity index (χ4v) is 4.24. The molecule has 7 nitrogen and oxygen atoms in total. The Kier molecular flexibility index (Phi) is 8.37. The molecule has 39 heavy (non-hydrogen) atoms. The average molecular weight is 545 g/mol. The van der Waals surface area contributed by atoms with Gasteiger partial charge in [0.2, 0.25) is 5.88 Å². The minimum atomic E-state index is -4.51. The van der Waals surface area contributed by atoms with Crippen molar-refractivity contribution in [3.8, 4) is 5.88 Å². The van der Waals surface area contributed by atoms with E-state index in [9.17, 15) is 27.2 Å². The Morgan fingerprint density at radius 1 is 1.08 bits per heavy atom. The van der Waals surface area contributed by atoms with Crippen molar-refractivity contribution in [2.75, 3.05) is 38.6 Å². The van der Waals surface area contributed by atoms with E-state index in [0.717, 1.165) is 35.5 Å². The molecule has 1 fully saturated rings. The van der Waals surface area contributed by atoms with Crippen LogP contribution in [0.5, 0.6) is 5.88 Å². The standard InChI is InChI=1S/C28H28F4N4O3/c1-35(2)21-7-3-18(4-8-21)11-13-33-26(37)23-9-6-20(29)15-24(23)27(38)36-14-12-22(17-36)39-25-10-5-19(16-34-25)28(30,31)32/h3-10,15-16,22H,11-14,17H2,1-2H3,(H,33,37). The van der Waals surface area contributed by atoms with Gasteiger partial charge in [-0.2, -0.15) is 13.2 Å². The number of nitrogens with zero attached hydrogens (tertiary/aromatic N) is 3. The lowest BCUT2D eigenvalue weighted by Gasteiger charge is -2.19. The summed E-state index contributed by atoms with van der Waals surface area (Å²) < 4.78 is 58.0.